The van der Waals surface area contributed by atoms with Crippen LogP contribution >= 0.6 is 0 Å². The third kappa shape index (κ3) is 2.39. The summed E-state index contributed by atoms with van der Waals surface area (Å²) in [6, 6.07) is 3.75. The van der Waals surface area contributed by atoms with Gasteiger partial charge in [-0.25, -0.2) is 8.42 Å². The number of rotatable bonds is 3. The molecule has 1 saturated heterocycles. The minimum Gasteiger partial charge on any atom is -0.312 e. The number of benzene rings is 1. The van der Waals surface area contributed by atoms with E-state index in [1.807, 2.05) is 17.0 Å². The van der Waals surface area contributed by atoms with Gasteiger partial charge in [0.2, 0.25) is 15.9 Å². The van der Waals surface area contributed by atoms with Crippen molar-refractivity contribution in [3.8, 4) is 0 Å². The molecule has 5 nitrogen and oxygen atoms in total. The van der Waals surface area contributed by atoms with Crippen molar-refractivity contribution in [3.63, 3.8) is 0 Å². The third-order valence-corrected chi connectivity index (χ3v) is 7.61. The lowest BCUT2D eigenvalue weighted by atomic mass is 10.00. The van der Waals surface area contributed by atoms with Crippen LogP contribution in [0, 0.1) is 0 Å². The SMILES string of the molecule is CC[C@H]1CCCCN1S(=O)(=O)c1cc2c3c(c1)CCN3C(=O)CC2. The molecular weight excluding hydrogens is 324 g/mol. The first-order chi connectivity index (χ1) is 11.5. The minimum atomic E-state index is -3.45. The molecule has 0 spiro atoms. The van der Waals surface area contributed by atoms with Crippen molar-refractivity contribution in [1.29, 1.82) is 0 Å². The summed E-state index contributed by atoms with van der Waals surface area (Å²) < 4.78 is 28.2. The highest BCUT2D eigenvalue weighted by atomic mass is 32.2. The molecule has 3 heterocycles. The lowest BCUT2D eigenvalue weighted by Gasteiger charge is -2.34. The molecule has 6 heteroatoms. The zero-order valence-electron chi connectivity index (χ0n) is 14.1. The van der Waals surface area contributed by atoms with E-state index in [2.05, 4.69) is 6.92 Å². The fraction of sp³-hybridized carbons (Fsp3) is 0.611. The first kappa shape index (κ1) is 16.1. The summed E-state index contributed by atoms with van der Waals surface area (Å²) in [7, 11) is -3.45. The summed E-state index contributed by atoms with van der Waals surface area (Å²) in [5.41, 5.74) is 3.02. The zero-order valence-corrected chi connectivity index (χ0v) is 14.9. The van der Waals surface area contributed by atoms with Crippen LogP contribution in [0.3, 0.4) is 0 Å². The second-order valence-corrected chi connectivity index (χ2v) is 8.95. The molecule has 0 bridgehead atoms. The van der Waals surface area contributed by atoms with E-state index in [0.29, 0.717) is 30.8 Å². The first-order valence-corrected chi connectivity index (χ1v) is 10.4. The Kier molecular flexibility index (Phi) is 3.92. The Morgan fingerprint density at radius 3 is 2.58 bits per heavy atom. The standard InChI is InChI=1S/C18H24N2O3S/c1-2-15-5-3-4-9-20(15)24(22,23)16-11-13-6-7-17(21)19-10-8-14(12-16)18(13)19/h11-12,15H,2-10H2,1H3/t15-/m0/s1. The van der Waals surface area contributed by atoms with Crippen LogP contribution in [0.15, 0.2) is 17.0 Å². The molecule has 1 aromatic carbocycles. The average Bonchev–Trinajstić information content (AvgIpc) is 3.03. The van der Waals surface area contributed by atoms with Crippen molar-refractivity contribution in [3.05, 3.63) is 23.3 Å². The maximum absolute atomic E-state index is 13.2. The van der Waals surface area contributed by atoms with Gasteiger partial charge in [0.15, 0.2) is 0 Å². The molecule has 3 aliphatic heterocycles. The quantitative estimate of drug-likeness (QED) is 0.843. The molecule has 0 unspecified atom stereocenters. The number of hydrogen-bond donors (Lipinski definition) is 0. The predicted molar refractivity (Wildman–Crippen MR) is 92.6 cm³/mol. The van der Waals surface area contributed by atoms with Gasteiger partial charge in [-0.3, -0.25) is 4.79 Å². The molecule has 0 aromatic heterocycles. The molecule has 3 aliphatic rings. The second-order valence-electron chi connectivity index (χ2n) is 7.06. The van der Waals surface area contributed by atoms with Gasteiger partial charge in [0.05, 0.1) is 10.6 Å². The van der Waals surface area contributed by atoms with Crippen LogP contribution in [-0.2, 0) is 27.7 Å². The van der Waals surface area contributed by atoms with Crippen LogP contribution in [0.2, 0.25) is 0 Å². The van der Waals surface area contributed by atoms with Gasteiger partial charge in [-0.1, -0.05) is 13.3 Å². The fourth-order valence-corrected chi connectivity index (χ4v) is 6.28. The maximum Gasteiger partial charge on any atom is 0.243 e. The van der Waals surface area contributed by atoms with Crippen LogP contribution in [0.4, 0.5) is 5.69 Å². The maximum atomic E-state index is 13.2. The van der Waals surface area contributed by atoms with Crippen molar-refractivity contribution in [1.82, 2.24) is 4.31 Å². The largest absolute Gasteiger partial charge is 0.312 e. The molecule has 4 rings (SSSR count). The number of nitrogens with zero attached hydrogens (tertiary/aromatic N) is 2. The van der Waals surface area contributed by atoms with Gasteiger partial charge in [-0.15, -0.1) is 0 Å². The smallest absolute Gasteiger partial charge is 0.243 e. The Balaban J connectivity index is 1.76. The van der Waals surface area contributed by atoms with Gasteiger partial charge < -0.3 is 4.90 Å². The van der Waals surface area contributed by atoms with E-state index in [1.165, 1.54) is 0 Å². The van der Waals surface area contributed by atoms with Crippen molar-refractivity contribution < 1.29 is 13.2 Å². The van der Waals surface area contributed by atoms with Crippen LogP contribution < -0.4 is 4.90 Å². The highest BCUT2D eigenvalue weighted by Crippen LogP contribution is 2.39. The van der Waals surface area contributed by atoms with Crippen molar-refractivity contribution in [2.24, 2.45) is 0 Å². The fourth-order valence-electron chi connectivity index (χ4n) is 4.41. The number of amides is 1. The van der Waals surface area contributed by atoms with Gasteiger partial charge in [-0.2, -0.15) is 4.31 Å². The molecule has 1 atom stereocenters. The lowest BCUT2D eigenvalue weighted by Crippen LogP contribution is -2.43. The van der Waals surface area contributed by atoms with Gasteiger partial charge in [0, 0.05) is 25.6 Å². The van der Waals surface area contributed by atoms with E-state index in [1.54, 1.807) is 4.31 Å². The van der Waals surface area contributed by atoms with Crippen molar-refractivity contribution in [2.45, 2.75) is 62.8 Å². The molecule has 1 aromatic rings. The first-order valence-electron chi connectivity index (χ1n) is 9.00. The molecule has 1 fully saturated rings. The Morgan fingerprint density at radius 1 is 1.08 bits per heavy atom. The van der Waals surface area contributed by atoms with E-state index in [9.17, 15) is 13.2 Å². The average molecular weight is 348 g/mol. The van der Waals surface area contributed by atoms with E-state index in [4.69, 9.17) is 0 Å². The zero-order chi connectivity index (χ0) is 16.9. The number of anilines is 1. The van der Waals surface area contributed by atoms with Gasteiger partial charge >= 0.3 is 0 Å². The Morgan fingerprint density at radius 2 is 1.83 bits per heavy atom. The highest BCUT2D eigenvalue weighted by Gasteiger charge is 2.36. The number of carbonyl (C=O) groups excluding carboxylic acids is 1. The Bertz CT molecular complexity index is 788. The summed E-state index contributed by atoms with van der Waals surface area (Å²) in [5.74, 6) is 0.166. The van der Waals surface area contributed by atoms with Crippen molar-refractivity contribution in [2.75, 3.05) is 18.0 Å². The van der Waals surface area contributed by atoms with Crippen LogP contribution in [0.1, 0.15) is 50.2 Å². The number of piperidine rings is 1. The molecule has 0 saturated carbocycles. The molecule has 0 N–H and O–H groups in total. The molecule has 1 amide bonds. The summed E-state index contributed by atoms with van der Waals surface area (Å²) in [6.45, 7) is 3.37. The van der Waals surface area contributed by atoms with E-state index < -0.39 is 10.0 Å². The van der Waals surface area contributed by atoms with Crippen LogP contribution in [-0.4, -0.2) is 37.8 Å². The van der Waals surface area contributed by atoms with E-state index >= 15 is 0 Å². The number of hydrogen-bond acceptors (Lipinski definition) is 3. The van der Waals surface area contributed by atoms with Crippen LogP contribution in [0.5, 0.6) is 0 Å². The number of carbonyl (C=O) groups is 1. The summed E-state index contributed by atoms with van der Waals surface area (Å²) in [6.07, 6.45) is 5.76. The van der Waals surface area contributed by atoms with E-state index in [-0.39, 0.29) is 11.9 Å². The summed E-state index contributed by atoms with van der Waals surface area (Å²) >= 11 is 0. The monoisotopic (exact) mass is 348 g/mol. The second kappa shape index (κ2) is 5.85. The van der Waals surface area contributed by atoms with Gasteiger partial charge in [0.25, 0.3) is 0 Å². The third-order valence-electron chi connectivity index (χ3n) is 5.68. The summed E-state index contributed by atoms with van der Waals surface area (Å²) in [5, 5.41) is 0. The molecule has 0 radical (unpaired) electrons. The molecule has 130 valence electrons. The molecule has 0 aliphatic carbocycles. The molecular formula is C18H24N2O3S. The minimum absolute atomic E-state index is 0.117. The lowest BCUT2D eigenvalue weighted by molar-refractivity contribution is -0.118. The van der Waals surface area contributed by atoms with Crippen molar-refractivity contribution >= 4 is 21.6 Å². The Hall–Kier alpha value is -1.40. The number of aryl methyl sites for hydroxylation is 1. The highest BCUT2D eigenvalue weighted by molar-refractivity contribution is 7.89. The normalized spacial score (nSPS) is 24.3. The topological polar surface area (TPSA) is 57.7 Å². The predicted octanol–water partition coefficient (Wildman–Crippen LogP) is 2.48. The molecule has 24 heavy (non-hydrogen) atoms. The van der Waals surface area contributed by atoms with E-state index in [0.717, 1.165) is 48.9 Å². The number of sulfonamides is 1. The summed E-state index contributed by atoms with van der Waals surface area (Å²) in [4.78, 5) is 14.3. The van der Waals surface area contributed by atoms with Gasteiger partial charge in [-0.05, 0) is 55.4 Å². The Labute approximate surface area is 143 Å². The van der Waals surface area contributed by atoms with Crippen LogP contribution in [0.25, 0.3) is 0 Å². The van der Waals surface area contributed by atoms with Gasteiger partial charge in [0.1, 0.15) is 0 Å².